The van der Waals surface area contributed by atoms with Gasteiger partial charge in [0.15, 0.2) is 11.5 Å². The van der Waals surface area contributed by atoms with Gasteiger partial charge in [0.2, 0.25) is 0 Å². The fraction of sp³-hybridized carbons (Fsp3) is 0.407. The van der Waals surface area contributed by atoms with Crippen molar-refractivity contribution in [2.24, 2.45) is 0 Å². The predicted molar refractivity (Wildman–Crippen MR) is 132 cm³/mol. The molecule has 1 saturated heterocycles. The second kappa shape index (κ2) is 10.7. The molecule has 0 radical (unpaired) electrons. The molecule has 0 saturated carbocycles. The number of carbonyl (C=O) groups is 2. The van der Waals surface area contributed by atoms with Crippen LogP contribution in [0.5, 0.6) is 11.5 Å². The van der Waals surface area contributed by atoms with Gasteiger partial charge in [0.1, 0.15) is 5.76 Å². The molecule has 182 valence electrons. The zero-order chi connectivity index (χ0) is 25.0. The van der Waals surface area contributed by atoms with Gasteiger partial charge in [-0.2, -0.15) is 0 Å². The van der Waals surface area contributed by atoms with Gasteiger partial charge in [0.05, 0.1) is 18.7 Å². The molecule has 2 aromatic carbocycles. The van der Waals surface area contributed by atoms with E-state index >= 15 is 0 Å². The SMILES string of the molecule is CCN(CC)CCCN1C(=O)C(=O)C(=C(O)c2cc(C)ccc2C)C1c1ccc(O)c(OC)c1. The molecule has 1 aliphatic rings. The van der Waals surface area contributed by atoms with Gasteiger partial charge >= 0.3 is 0 Å². The first-order valence-corrected chi connectivity index (χ1v) is 11.7. The number of phenols is 1. The molecule has 1 atom stereocenters. The number of rotatable bonds is 9. The number of hydrogen-bond donors (Lipinski definition) is 2. The predicted octanol–water partition coefficient (Wildman–Crippen LogP) is 4.17. The molecule has 2 aromatic rings. The highest BCUT2D eigenvalue weighted by molar-refractivity contribution is 6.46. The lowest BCUT2D eigenvalue weighted by Gasteiger charge is -2.27. The molecule has 0 spiro atoms. The molecule has 1 heterocycles. The van der Waals surface area contributed by atoms with Crippen LogP contribution in [0.3, 0.4) is 0 Å². The molecule has 0 bridgehead atoms. The fourth-order valence-corrected chi connectivity index (χ4v) is 4.46. The van der Waals surface area contributed by atoms with Crippen LogP contribution in [0.2, 0.25) is 0 Å². The van der Waals surface area contributed by atoms with Crippen molar-refractivity contribution in [2.45, 2.75) is 40.2 Å². The Hall–Kier alpha value is -3.32. The number of aliphatic hydroxyl groups excluding tert-OH is 1. The molecule has 0 aliphatic carbocycles. The summed E-state index contributed by atoms with van der Waals surface area (Å²) >= 11 is 0. The molecule has 7 nitrogen and oxygen atoms in total. The summed E-state index contributed by atoms with van der Waals surface area (Å²) in [6.45, 7) is 10.9. The van der Waals surface area contributed by atoms with Crippen LogP contribution in [0, 0.1) is 13.8 Å². The number of carbonyl (C=O) groups excluding carboxylic acids is 2. The normalized spacial score (nSPS) is 17.6. The Bertz CT molecular complexity index is 1100. The standard InChI is InChI=1S/C27H34N2O5/c1-6-28(7-2)13-8-14-29-24(19-11-12-21(30)22(16-19)34-5)23(26(32)27(29)33)25(31)20-15-17(3)9-10-18(20)4/h9-12,15-16,24,30-31H,6-8,13-14H2,1-5H3. The third-order valence-corrected chi connectivity index (χ3v) is 6.48. The minimum absolute atomic E-state index is 0.0423. The number of methoxy groups -OCH3 is 1. The van der Waals surface area contributed by atoms with E-state index in [1.54, 1.807) is 12.1 Å². The maximum Gasteiger partial charge on any atom is 0.295 e. The molecular formula is C27H34N2O5. The summed E-state index contributed by atoms with van der Waals surface area (Å²) in [4.78, 5) is 30.2. The summed E-state index contributed by atoms with van der Waals surface area (Å²) in [6, 6.07) is 9.58. The third kappa shape index (κ3) is 4.94. The highest BCUT2D eigenvalue weighted by Gasteiger charge is 2.46. The number of likely N-dealkylation sites (tertiary alicyclic amines) is 1. The van der Waals surface area contributed by atoms with Crippen molar-refractivity contribution >= 4 is 17.4 Å². The average Bonchev–Trinajstić information content (AvgIpc) is 3.08. The minimum atomic E-state index is -0.786. The van der Waals surface area contributed by atoms with Crippen molar-refractivity contribution in [3.05, 3.63) is 64.2 Å². The molecule has 34 heavy (non-hydrogen) atoms. The Morgan fingerprint density at radius 3 is 2.44 bits per heavy atom. The average molecular weight is 467 g/mol. The van der Waals surface area contributed by atoms with Gasteiger partial charge in [-0.1, -0.05) is 37.6 Å². The van der Waals surface area contributed by atoms with Crippen LogP contribution in [-0.4, -0.2) is 65.0 Å². The van der Waals surface area contributed by atoms with Gasteiger partial charge in [-0.05, 0) is 69.2 Å². The topological polar surface area (TPSA) is 90.3 Å². The number of ether oxygens (including phenoxy) is 1. The zero-order valence-corrected chi connectivity index (χ0v) is 20.6. The van der Waals surface area contributed by atoms with Crippen LogP contribution in [0.15, 0.2) is 42.0 Å². The van der Waals surface area contributed by atoms with E-state index < -0.39 is 17.7 Å². The minimum Gasteiger partial charge on any atom is -0.507 e. The maximum atomic E-state index is 13.2. The van der Waals surface area contributed by atoms with Crippen LogP contribution in [0.25, 0.3) is 5.76 Å². The van der Waals surface area contributed by atoms with Crippen molar-refractivity contribution < 1.29 is 24.5 Å². The monoisotopic (exact) mass is 466 g/mol. The first-order chi connectivity index (χ1) is 16.2. The van der Waals surface area contributed by atoms with Crippen molar-refractivity contribution in [1.29, 1.82) is 0 Å². The molecule has 2 N–H and O–H groups in total. The van der Waals surface area contributed by atoms with E-state index in [4.69, 9.17) is 4.74 Å². The van der Waals surface area contributed by atoms with Crippen LogP contribution in [-0.2, 0) is 9.59 Å². The lowest BCUT2D eigenvalue weighted by molar-refractivity contribution is -0.140. The number of benzene rings is 2. The summed E-state index contributed by atoms with van der Waals surface area (Å²) in [5.74, 6) is -1.35. The number of amides is 1. The Balaban J connectivity index is 2.12. The number of aryl methyl sites for hydroxylation is 2. The lowest BCUT2D eigenvalue weighted by atomic mass is 9.93. The van der Waals surface area contributed by atoms with Crippen LogP contribution in [0.4, 0.5) is 0 Å². The number of aromatic hydroxyl groups is 1. The summed E-state index contributed by atoms with van der Waals surface area (Å²) < 4.78 is 5.27. The van der Waals surface area contributed by atoms with Gasteiger partial charge in [-0.3, -0.25) is 9.59 Å². The summed E-state index contributed by atoms with van der Waals surface area (Å²) in [7, 11) is 1.44. The van der Waals surface area contributed by atoms with Gasteiger partial charge < -0.3 is 24.7 Å². The number of ketones is 1. The van der Waals surface area contributed by atoms with E-state index in [-0.39, 0.29) is 22.8 Å². The Kier molecular flexibility index (Phi) is 7.99. The van der Waals surface area contributed by atoms with Crippen molar-refractivity contribution in [3.8, 4) is 11.5 Å². The number of nitrogens with zero attached hydrogens (tertiary/aromatic N) is 2. The number of Topliss-reactive ketones (excluding diaryl/α,β-unsaturated/α-hetero) is 1. The van der Waals surface area contributed by atoms with E-state index in [9.17, 15) is 19.8 Å². The highest BCUT2D eigenvalue weighted by atomic mass is 16.5. The van der Waals surface area contributed by atoms with E-state index in [1.165, 1.54) is 18.1 Å². The largest absolute Gasteiger partial charge is 0.507 e. The molecule has 1 amide bonds. The van der Waals surface area contributed by atoms with E-state index in [2.05, 4.69) is 18.7 Å². The molecule has 7 heteroatoms. The number of hydrogen-bond acceptors (Lipinski definition) is 6. The summed E-state index contributed by atoms with van der Waals surface area (Å²) in [5.41, 5.74) is 2.90. The third-order valence-electron chi connectivity index (χ3n) is 6.48. The highest BCUT2D eigenvalue weighted by Crippen LogP contribution is 2.42. The summed E-state index contributed by atoms with van der Waals surface area (Å²) in [5, 5.41) is 21.4. The molecule has 1 aliphatic heterocycles. The Morgan fingerprint density at radius 2 is 1.79 bits per heavy atom. The Morgan fingerprint density at radius 1 is 1.09 bits per heavy atom. The van der Waals surface area contributed by atoms with Crippen molar-refractivity contribution in [2.75, 3.05) is 33.3 Å². The zero-order valence-electron chi connectivity index (χ0n) is 20.6. The number of aliphatic hydroxyl groups is 1. The van der Waals surface area contributed by atoms with Gasteiger partial charge in [0.25, 0.3) is 11.7 Å². The van der Waals surface area contributed by atoms with Gasteiger partial charge in [-0.15, -0.1) is 0 Å². The van der Waals surface area contributed by atoms with E-state index in [0.29, 0.717) is 24.1 Å². The van der Waals surface area contributed by atoms with E-state index in [0.717, 1.165) is 30.8 Å². The Labute approximate surface area is 201 Å². The number of phenolic OH excluding ortho intramolecular Hbond substituents is 1. The van der Waals surface area contributed by atoms with Crippen LogP contribution in [0.1, 0.15) is 48.6 Å². The molecule has 1 fully saturated rings. The quantitative estimate of drug-likeness (QED) is 0.328. The van der Waals surface area contributed by atoms with Crippen molar-refractivity contribution in [1.82, 2.24) is 9.80 Å². The van der Waals surface area contributed by atoms with Crippen LogP contribution < -0.4 is 4.74 Å². The molecule has 3 rings (SSSR count). The summed E-state index contributed by atoms with van der Waals surface area (Å²) in [6.07, 6.45) is 0.684. The second-order valence-corrected chi connectivity index (χ2v) is 8.62. The first-order valence-electron chi connectivity index (χ1n) is 11.7. The molecule has 1 unspecified atom stereocenters. The lowest BCUT2D eigenvalue weighted by Crippen LogP contribution is -2.33. The maximum absolute atomic E-state index is 13.2. The fourth-order valence-electron chi connectivity index (χ4n) is 4.46. The molecular weight excluding hydrogens is 432 g/mol. The van der Waals surface area contributed by atoms with Crippen molar-refractivity contribution in [3.63, 3.8) is 0 Å². The molecule has 0 aromatic heterocycles. The van der Waals surface area contributed by atoms with Crippen LogP contribution >= 0.6 is 0 Å². The van der Waals surface area contributed by atoms with E-state index in [1.807, 2.05) is 32.0 Å². The smallest absolute Gasteiger partial charge is 0.295 e. The second-order valence-electron chi connectivity index (χ2n) is 8.62. The van der Waals surface area contributed by atoms with Gasteiger partial charge in [-0.25, -0.2) is 0 Å². The first kappa shape index (κ1) is 25.3. The van der Waals surface area contributed by atoms with Gasteiger partial charge in [0, 0.05) is 12.1 Å².